The Balaban J connectivity index is 2.17. The lowest BCUT2D eigenvalue weighted by Crippen LogP contribution is -2.22. The van der Waals surface area contributed by atoms with Gasteiger partial charge in [0.2, 0.25) is 0 Å². The van der Waals surface area contributed by atoms with E-state index in [-0.39, 0.29) is 0 Å². The third-order valence-electron chi connectivity index (χ3n) is 2.90. The van der Waals surface area contributed by atoms with Crippen molar-refractivity contribution >= 4 is 33.4 Å². The fourth-order valence-corrected chi connectivity index (χ4v) is 2.26. The van der Waals surface area contributed by atoms with Crippen molar-refractivity contribution in [1.29, 1.82) is 0 Å². The molecule has 1 aromatic rings. The first-order valence-corrected chi connectivity index (χ1v) is 5.67. The van der Waals surface area contributed by atoms with Crippen LogP contribution in [0, 0.1) is 5.92 Å². The van der Waals surface area contributed by atoms with E-state index in [0.717, 1.165) is 10.2 Å². The highest BCUT2D eigenvalue weighted by molar-refractivity contribution is 9.10. The zero-order valence-corrected chi connectivity index (χ0v) is 9.29. The van der Waals surface area contributed by atoms with Crippen molar-refractivity contribution in [3.8, 4) is 0 Å². The summed E-state index contributed by atoms with van der Waals surface area (Å²) in [6.45, 7) is 0. The number of aliphatic imine (C=N–C) groups is 1. The number of halogens is 1. The zero-order chi connectivity index (χ0) is 9.54. The molecule has 0 amide bonds. The first kappa shape index (κ1) is 8.42. The van der Waals surface area contributed by atoms with Crippen LogP contribution in [0.15, 0.2) is 33.7 Å². The molecule has 1 aromatic carbocycles. The molecule has 1 aliphatic heterocycles. The van der Waals surface area contributed by atoms with Crippen LogP contribution >= 0.6 is 15.9 Å². The lowest BCUT2D eigenvalue weighted by atomic mass is 9.83. The molecule has 1 saturated carbocycles. The van der Waals surface area contributed by atoms with E-state index in [9.17, 15) is 0 Å². The van der Waals surface area contributed by atoms with Gasteiger partial charge in [-0.2, -0.15) is 0 Å². The van der Waals surface area contributed by atoms with Gasteiger partial charge in [-0.1, -0.05) is 34.1 Å². The molecule has 2 heteroatoms. The highest BCUT2D eigenvalue weighted by atomic mass is 79.9. The van der Waals surface area contributed by atoms with Gasteiger partial charge in [0.25, 0.3) is 0 Å². The molecular weight excluding hydrogens is 238 g/mol. The summed E-state index contributed by atoms with van der Waals surface area (Å²) in [5.41, 5.74) is 3.68. The van der Waals surface area contributed by atoms with Crippen LogP contribution in [0.1, 0.15) is 18.4 Å². The van der Waals surface area contributed by atoms with Crippen molar-refractivity contribution in [1.82, 2.24) is 0 Å². The van der Waals surface area contributed by atoms with Gasteiger partial charge in [0, 0.05) is 16.1 Å². The number of hydrogen-bond acceptors (Lipinski definition) is 1. The third-order valence-corrected chi connectivity index (χ3v) is 3.40. The summed E-state index contributed by atoms with van der Waals surface area (Å²) in [4.78, 5) is 4.69. The Labute approximate surface area is 91.7 Å². The summed E-state index contributed by atoms with van der Waals surface area (Å²) < 4.78 is 1.10. The summed E-state index contributed by atoms with van der Waals surface area (Å²) in [5, 5.41) is 0. The largest absolute Gasteiger partial charge is 0.257 e. The zero-order valence-electron chi connectivity index (χ0n) is 7.70. The number of nitrogens with zero attached hydrogens (tertiary/aromatic N) is 1. The Bertz CT molecular complexity index is 446. The van der Waals surface area contributed by atoms with Crippen LogP contribution < -0.4 is 0 Å². The van der Waals surface area contributed by atoms with Crippen molar-refractivity contribution in [2.45, 2.75) is 12.8 Å². The summed E-state index contributed by atoms with van der Waals surface area (Å²) in [6.07, 6.45) is 6.91. The van der Waals surface area contributed by atoms with Gasteiger partial charge in [-0.3, -0.25) is 4.99 Å². The molecule has 0 radical (unpaired) electrons. The maximum absolute atomic E-state index is 4.69. The van der Waals surface area contributed by atoms with Crippen LogP contribution in [0.2, 0.25) is 0 Å². The Morgan fingerprint density at radius 2 is 2.29 bits per heavy atom. The van der Waals surface area contributed by atoms with Crippen LogP contribution in [0.5, 0.6) is 0 Å². The monoisotopic (exact) mass is 247 g/mol. The van der Waals surface area contributed by atoms with Crippen molar-refractivity contribution < 1.29 is 0 Å². The first-order chi connectivity index (χ1) is 6.83. The number of allylic oxidation sites excluding steroid dienone is 1. The van der Waals surface area contributed by atoms with Crippen molar-refractivity contribution in [2.24, 2.45) is 10.9 Å². The second-order valence-corrected chi connectivity index (χ2v) is 4.73. The Kier molecular flexibility index (Phi) is 1.84. The SMILES string of the molecule is Brc1ccc2c(c1)N=C1CCC1C=C2. The summed E-state index contributed by atoms with van der Waals surface area (Å²) in [7, 11) is 0. The molecular formula is C12H10BrN. The Hall–Kier alpha value is -0.890. The molecule has 70 valence electrons. The van der Waals surface area contributed by atoms with E-state index < -0.39 is 0 Å². The van der Waals surface area contributed by atoms with Gasteiger partial charge < -0.3 is 0 Å². The predicted molar refractivity (Wildman–Crippen MR) is 63.0 cm³/mol. The molecule has 1 unspecified atom stereocenters. The predicted octanol–water partition coefficient (Wildman–Crippen LogP) is 3.96. The summed E-state index contributed by atoms with van der Waals surface area (Å²) >= 11 is 3.48. The van der Waals surface area contributed by atoms with Crippen molar-refractivity contribution in [3.63, 3.8) is 0 Å². The molecule has 2 aliphatic rings. The third kappa shape index (κ3) is 1.25. The summed E-state index contributed by atoms with van der Waals surface area (Å²) in [6, 6.07) is 6.27. The van der Waals surface area contributed by atoms with Gasteiger partial charge in [0.15, 0.2) is 0 Å². The molecule has 1 aliphatic carbocycles. The lowest BCUT2D eigenvalue weighted by Gasteiger charge is -2.24. The van der Waals surface area contributed by atoms with Gasteiger partial charge in [0.1, 0.15) is 0 Å². The van der Waals surface area contributed by atoms with E-state index >= 15 is 0 Å². The minimum atomic E-state index is 0.612. The minimum absolute atomic E-state index is 0.612. The molecule has 1 atom stereocenters. The normalized spacial score (nSPS) is 22.9. The molecule has 0 spiro atoms. The molecule has 0 bridgehead atoms. The summed E-state index contributed by atoms with van der Waals surface area (Å²) in [5.74, 6) is 0.612. The van der Waals surface area contributed by atoms with Crippen LogP contribution in [-0.2, 0) is 0 Å². The van der Waals surface area contributed by atoms with Gasteiger partial charge in [-0.05, 0) is 30.5 Å². The Morgan fingerprint density at radius 3 is 3.07 bits per heavy atom. The van der Waals surface area contributed by atoms with E-state index in [4.69, 9.17) is 4.99 Å². The molecule has 14 heavy (non-hydrogen) atoms. The fourth-order valence-electron chi connectivity index (χ4n) is 1.92. The van der Waals surface area contributed by atoms with Crippen LogP contribution in [-0.4, -0.2) is 5.71 Å². The van der Waals surface area contributed by atoms with E-state index in [0.29, 0.717) is 5.92 Å². The number of fused-ring (bicyclic) bond motifs is 2. The van der Waals surface area contributed by atoms with Crippen molar-refractivity contribution in [3.05, 3.63) is 34.3 Å². The molecule has 0 saturated heterocycles. The molecule has 1 heterocycles. The first-order valence-electron chi connectivity index (χ1n) is 4.88. The topological polar surface area (TPSA) is 12.4 Å². The fraction of sp³-hybridized carbons (Fsp3) is 0.250. The maximum atomic E-state index is 4.69. The van der Waals surface area contributed by atoms with Crippen LogP contribution in [0.3, 0.4) is 0 Å². The van der Waals surface area contributed by atoms with E-state index in [1.54, 1.807) is 0 Å². The Morgan fingerprint density at radius 1 is 1.36 bits per heavy atom. The highest BCUT2D eigenvalue weighted by Crippen LogP contribution is 2.35. The van der Waals surface area contributed by atoms with Gasteiger partial charge >= 0.3 is 0 Å². The standard InChI is InChI=1S/C12H10BrN/c13-10-5-3-9-2-1-8-4-6-11(8)14-12(9)7-10/h1-3,5,7-8H,4,6H2. The molecule has 1 nitrogen and oxygen atoms in total. The quantitative estimate of drug-likeness (QED) is 0.659. The van der Waals surface area contributed by atoms with Gasteiger partial charge in [-0.15, -0.1) is 0 Å². The number of hydrogen-bond donors (Lipinski definition) is 0. The second kappa shape index (κ2) is 3.06. The highest BCUT2D eigenvalue weighted by Gasteiger charge is 2.25. The van der Waals surface area contributed by atoms with Gasteiger partial charge in [0.05, 0.1) is 5.69 Å². The number of benzene rings is 1. The van der Waals surface area contributed by atoms with E-state index in [1.165, 1.54) is 24.1 Å². The second-order valence-electron chi connectivity index (χ2n) is 3.81. The molecule has 1 fully saturated rings. The average molecular weight is 248 g/mol. The lowest BCUT2D eigenvalue weighted by molar-refractivity contribution is 0.666. The smallest absolute Gasteiger partial charge is 0.0712 e. The molecule has 3 rings (SSSR count). The molecule has 0 N–H and O–H groups in total. The van der Waals surface area contributed by atoms with Crippen LogP contribution in [0.4, 0.5) is 5.69 Å². The van der Waals surface area contributed by atoms with Crippen LogP contribution in [0.25, 0.3) is 6.08 Å². The minimum Gasteiger partial charge on any atom is -0.257 e. The maximum Gasteiger partial charge on any atom is 0.0712 e. The van der Waals surface area contributed by atoms with E-state index in [2.05, 4.69) is 46.3 Å². The van der Waals surface area contributed by atoms with Crippen molar-refractivity contribution in [2.75, 3.05) is 0 Å². The van der Waals surface area contributed by atoms with Gasteiger partial charge in [-0.25, -0.2) is 0 Å². The van der Waals surface area contributed by atoms with E-state index in [1.807, 2.05) is 0 Å². The number of rotatable bonds is 0. The average Bonchev–Trinajstić information content (AvgIpc) is 2.25. The molecule has 0 aromatic heterocycles.